The molecule has 4 heteroatoms. The SMILES string of the molecule is CN(C)c1ccn2c(C3CCNCC3)ncc2c1. The van der Waals surface area contributed by atoms with Gasteiger partial charge in [0.2, 0.25) is 0 Å². The van der Waals surface area contributed by atoms with Gasteiger partial charge in [-0.3, -0.25) is 0 Å². The van der Waals surface area contributed by atoms with E-state index in [4.69, 9.17) is 0 Å². The molecule has 2 aromatic rings. The van der Waals surface area contributed by atoms with Crippen LogP contribution in [0.3, 0.4) is 0 Å². The van der Waals surface area contributed by atoms with Crippen LogP contribution in [0.1, 0.15) is 24.6 Å². The molecule has 1 aliphatic heterocycles. The minimum Gasteiger partial charge on any atom is -0.378 e. The summed E-state index contributed by atoms with van der Waals surface area (Å²) in [5.74, 6) is 1.82. The lowest BCUT2D eigenvalue weighted by Gasteiger charge is -2.21. The number of hydrogen-bond acceptors (Lipinski definition) is 3. The molecule has 0 amide bonds. The fraction of sp³-hybridized carbons (Fsp3) is 0.500. The first-order chi connectivity index (χ1) is 8.75. The molecule has 3 heterocycles. The molecule has 0 unspecified atom stereocenters. The minimum atomic E-state index is 0.596. The van der Waals surface area contributed by atoms with E-state index in [-0.39, 0.29) is 0 Å². The number of nitrogens with one attached hydrogen (secondary N) is 1. The largest absolute Gasteiger partial charge is 0.378 e. The molecule has 0 saturated carbocycles. The molecule has 1 aliphatic rings. The summed E-state index contributed by atoms with van der Waals surface area (Å²) in [5.41, 5.74) is 2.41. The summed E-state index contributed by atoms with van der Waals surface area (Å²) >= 11 is 0. The zero-order chi connectivity index (χ0) is 12.5. The van der Waals surface area contributed by atoms with Gasteiger partial charge in [0.15, 0.2) is 0 Å². The Morgan fingerprint density at radius 3 is 2.83 bits per heavy atom. The molecule has 2 aromatic heterocycles. The van der Waals surface area contributed by atoms with Gasteiger partial charge in [0.25, 0.3) is 0 Å². The van der Waals surface area contributed by atoms with E-state index < -0.39 is 0 Å². The number of pyridine rings is 1. The maximum atomic E-state index is 4.64. The van der Waals surface area contributed by atoms with Crippen molar-refractivity contribution >= 4 is 11.2 Å². The Morgan fingerprint density at radius 2 is 2.11 bits per heavy atom. The highest BCUT2D eigenvalue weighted by Gasteiger charge is 2.19. The van der Waals surface area contributed by atoms with Crippen molar-refractivity contribution in [3.05, 3.63) is 30.4 Å². The number of anilines is 1. The van der Waals surface area contributed by atoms with E-state index >= 15 is 0 Å². The average molecular weight is 244 g/mol. The fourth-order valence-electron chi connectivity index (χ4n) is 2.67. The normalized spacial score (nSPS) is 17.2. The second-order valence-electron chi connectivity index (χ2n) is 5.21. The van der Waals surface area contributed by atoms with Crippen LogP contribution in [-0.4, -0.2) is 36.6 Å². The molecular formula is C14H20N4. The molecule has 0 radical (unpaired) electrons. The van der Waals surface area contributed by atoms with E-state index in [9.17, 15) is 0 Å². The minimum absolute atomic E-state index is 0.596. The number of piperidine rings is 1. The highest BCUT2D eigenvalue weighted by Crippen LogP contribution is 2.26. The molecule has 18 heavy (non-hydrogen) atoms. The Hall–Kier alpha value is -1.55. The third kappa shape index (κ3) is 1.97. The Balaban J connectivity index is 1.98. The maximum absolute atomic E-state index is 4.64. The summed E-state index contributed by atoms with van der Waals surface area (Å²) in [6.45, 7) is 2.21. The van der Waals surface area contributed by atoms with E-state index in [2.05, 4.69) is 52.0 Å². The number of aromatic nitrogens is 2. The van der Waals surface area contributed by atoms with Gasteiger partial charge in [-0.2, -0.15) is 0 Å². The van der Waals surface area contributed by atoms with Crippen LogP contribution in [0.25, 0.3) is 5.52 Å². The predicted octanol–water partition coefficient (Wildman–Crippen LogP) is 1.87. The van der Waals surface area contributed by atoms with Crippen LogP contribution in [0.15, 0.2) is 24.5 Å². The number of imidazole rings is 1. The first-order valence-electron chi connectivity index (χ1n) is 6.61. The van der Waals surface area contributed by atoms with Gasteiger partial charge >= 0.3 is 0 Å². The van der Waals surface area contributed by atoms with Crippen molar-refractivity contribution < 1.29 is 0 Å². The Bertz CT molecular complexity index is 538. The van der Waals surface area contributed by atoms with Crippen molar-refractivity contribution in [2.45, 2.75) is 18.8 Å². The third-order valence-corrected chi connectivity index (χ3v) is 3.76. The summed E-state index contributed by atoms with van der Waals surface area (Å²) in [5, 5.41) is 3.41. The molecule has 3 rings (SSSR count). The van der Waals surface area contributed by atoms with Crippen molar-refractivity contribution in [3.63, 3.8) is 0 Å². The first kappa shape index (κ1) is 11.5. The standard InChI is InChI=1S/C14H20N4/c1-17(2)12-5-8-18-13(9-12)10-16-14(18)11-3-6-15-7-4-11/h5,8-11,15H,3-4,6-7H2,1-2H3. The quantitative estimate of drug-likeness (QED) is 0.875. The smallest absolute Gasteiger partial charge is 0.116 e. The van der Waals surface area contributed by atoms with Gasteiger partial charge in [0, 0.05) is 31.9 Å². The van der Waals surface area contributed by atoms with Gasteiger partial charge in [0.05, 0.1) is 11.7 Å². The van der Waals surface area contributed by atoms with E-state index in [1.54, 1.807) is 0 Å². The second-order valence-corrected chi connectivity index (χ2v) is 5.21. The zero-order valence-corrected chi connectivity index (χ0v) is 11.1. The van der Waals surface area contributed by atoms with E-state index in [1.807, 2.05) is 6.20 Å². The molecule has 1 fully saturated rings. The van der Waals surface area contributed by atoms with E-state index in [1.165, 1.54) is 29.9 Å². The van der Waals surface area contributed by atoms with Gasteiger partial charge in [-0.05, 0) is 38.1 Å². The van der Waals surface area contributed by atoms with Gasteiger partial charge in [-0.25, -0.2) is 4.98 Å². The van der Waals surface area contributed by atoms with Gasteiger partial charge in [-0.1, -0.05) is 0 Å². The number of hydrogen-bond donors (Lipinski definition) is 1. The lowest BCUT2D eigenvalue weighted by atomic mass is 9.97. The molecule has 1 N–H and O–H groups in total. The van der Waals surface area contributed by atoms with Gasteiger partial charge in [-0.15, -0.1) is 0 Å². The average Bonchev–Trinajstić information content (AvgIpc) is 2.82. The lowest BCUT2D eigenvalue weighted by Crippen LogP contribution is -2.27. The molecule has 0 spiro atoms. The highest BCUT2D eigenvalue weighted by molar-refractivity contribution is 5.59. The van der Waals surface area contributed by atoms with Crippen molar-refractivity contribution in [3.8, 4) is 0 Å². The molecule has 1 saturated heterocycles. The molecule has 96 valence electrons. The van der Waals surface area contributed by atoms with Crippen LogP contribution in [0.4, 0.5) is 5.69 Å². The summed E-state index contributed by atoms with van der Waals surface area (Å²) in [6, 6.07) is 4.34. The maximum Gasteiger partial charge on any atom is 0.116 e. The fourth-order valence-corrected chi connectivity index (χ4v) is 2.67. The Labute approximate surface area is 108 Å². The molecular weight excluding hydrogens is 224 g/mol. The first-order valence-corrected chi connectivity index (χ1v) is 6.61. The predicted molar refractivity (Wildman–Crippen MR) is 74.4 cm³/mol. The second kappa shape index (κ2) is 4.61. The Kier molecular flexibility index (Phi) is 2.96. The number of fused-ring (bicyclic) bond motifs is 1. The molecule has 0 aliphatic carbocycles. The highest BCUT2D eigenvalue weighted by atomic mass is 15.1. The number of rotatable bonds is 2. The summed E-state index contributed by atoms with van der Waals surface area (Å²) in [6.07, 6.45) is 6.52. The topological polar surface area (TPSA) is 32.6 Å². The summed E-state index contributed by atoms with van der Waals surface area (Å²) < 4.78 is 2.24. The van der Waals surface area contributed by atoms with Crippen molar-refractivity contribution in [1.82, 2.24) is 14.7 Å². The molecule has 0 bridgehead atoms. The molecule has 0 atom stereocenters. The lowest BCUT2D eigenvalue weighted by molar-refractivity contribution is 0.444. The molecule has 4 nitrogen and oxygen atoms in total. The molecule has 0 aromatic carbocycles. The monoisotopic (exact) mass is 244 g/mol. The summed E-state index contributed by atoms with van der Waals surface area (Å²) in [4.78, 5) is 6.76. The van der Waals surface area contributed by atoms with Crippen molar-refractivity contribution in [2.24, 2.45) is 0 Å². The number of nitrogens with zero attached hydrogens (tertiary/aromatic N) is 3. The van der Waals surface area contributed by atoms with Crippen LogP contribution < -0.4 is 10.2 Å². The van der Waals surface area contributed by atoms with Crippen LogP contribution in [-0.2, 0) is 0 Å². The Morgan fingerprint density at radius 1 is 1.33 bits per heavy atom. The van der Waals surface area contributed by atoms with Gasteiger partial charge in [0.1, 0.15) is 5.82 Å². The van der Waals surface area contributed by atoms with Crippen LogP contribution in [0, 0.1) is 0 Å². The zero-order valence-electron chi connectivity index (χ0n) is 11.1. The van der Waals surface area contributed by atoms with Crippen LogP contribution >= 0.6 is 0 Å². The van der Waals surface area contributed by atoms with Crippen molar-refractivity contribution in [1.29, 1.82) is 0 Å². The van der Waals surface area contributed by atoms with Crippen LogP contribution in [0.5, 0.6) is 0 Å². The van der Waals surface area contributed by atoms with Gasteiger partial charge < -0.3 is 14.6 Å². The van der Waals surface area contributed by atoms with Crippen molar-refractivity contribution in [2.75, 3.05) is 32.1 Å². The van der Waals surface area contributed by atoms with Crippen LogP contribution in [0.2, 0.25) is 0 Å². The summed E-state index contributed by atoms with van der Waals surface area (Å²) in [7, 11) is 4.13. The van der Waals surface area contributed by atoms with E-state index in [0.29, 0.717) is 5.92 Å². The third-order valence-electron chi connectivity index (χ3n) is 3.76. The van der Waals surface area contributed by atoms with E-state index in [0.717, 1.165) is 13.1 Å².